The smallest absolute Gasteiger partial charge is 0.207 e. The summed E-state index contributed by atoms with van der Waals surface area (Å²) < 4.78 is 26.3. The van der Waals surface area contributed by atoms with Gasteiger partial charge >= 0.3 is 0 Å². The molecule has 7 heteroatoms. The van der Waals surface area contributed by atoms with Crippen molar-refractivity contribution in [3.05, 3.63) is 27.7 Å². The lowest BCUT2D eigenvalue weighted by Gasteiger charge is -2.18. The molecule has 1 aromatic carbocycles. The number of alkyl halides is 1. The number of sulfonamides is 1. The monoisotopic (exact) mass is 341 g/mol. The fourth-order valence-corrected chi connectivity index (χ4v) is 4.26. The summed E-state index contributed by atoms with van der Waals surface area (Å²) >= 11 is 17.8. The number of nitrogens with zero attached hydrogens (tertiary/aromatic N) is 1. The molecule has 1 saturated carbocycles. The molecular weight excluding hydrogens is 329 g/mol. The molecule has 0 amide bonds. The van der Waals surface area contributed by atoms with E-state index in [-0.39, 0.29) is 15.8 Å². The Balaban J connectivity index is 2.41. The zero-order valence-electron chi connectivity index (χ0n) is 10.4. The first-order valence-electron chi connectivity index (χ1n) is 5.86. The van der Waals surface area contributed by atoms with Gasteiger partial charge in [0.2, 0.25) is 10.0 Å². The molecule has 0 bridgehead atoms. The summed E-state index contributed by atoms with van der Waals surface area (Å²) in [5.41, 5.74) is 0.522. The van der Waals surface area contributed by atoms with Crippen LogP contribution in [0.2, 0.25) is 10.0 Å². The molecule has 0 radical (unpaired) electrons. The quantitative estimate of drug-likeness (QED) is 0.764. The summed E-state index contributed by atoms with van der Waals surface area (Å²) in [6.07, 6.45) is 2.16. The fourth-order valence-electron chi connectivity index (χ4n) is 1.83. The van der Waals surface area contributed by atoms with Gasteiger partial charge in [0.1, 0.15) is 4.90 Å². The van der Waals surface area contributed by atoms with E-state index >= 15 is 0 Å². The van der Waals surface area contributed by atoms with Gasteiger partial charge in [-0.2, -0.15) is 0 Å². The predicted molar refractivity (Wildman–Crippen MR) is 78.6 cm³/mol. The first-order chi connectivity index (χ1) is 8.86. The Bertz CT molecular complexity index is 585. The van der Waals surface area contributed by atoms with Crippen molar-refractivity contribution in [1.29, 1.82) is 0 Å². The molecule has 0 N–H and O–H groups in total. The van der Waals surface area contributed by atoms with Crippen LogP contribution in [0.3, 0.4) is 0 Å². The molecule has 0 atom stereocenters. The Morgan fingerprint density at radius 1 is 1.32 bits per heavy atom. The maximum Gasteiger partial charge on any atom is 0.244 e. The normalized spacial score (nSPS) is 16.1. The van der Waals surface area contributed by atoms with E-state index in [0.717, 1.165) is 12.8 Å². The van der Waals surface area contributed by atoms with Crippen LogP contribution in [0.4, 0.5) is 0 Å². The summed E-state index contributed by atoms with van der Waals surface area (Å²) in [6.45, 7) is 0.515. The van der Waals surface area contributed by atoms with E-state index in [1.165, 1.54) is 10.4 Å². The fraction of sp³-hybridized carbons (Fsp3) is 0.500. The van der Waals surface area contributed by atoms with Crippen LogP contribution in [0.5, 0.6) is 0 Å². The van der Waals surface area contributed by atoms with Crippen LogP contribution in [0.1, 0.15) is 18.4 Å². The minimum absolute atomic E-state index is 0.0282. The summed E-state index contributed by atoms with van der Waals surface area (Å²) in [5, 5.41) is 0.473. The molecule has 1 aliphatic rings. The zero-order chi connectivity index (χ0) is 14.2. The SMILES string of the molecule is CN(CC1CC1)S(=O)(=O)c1cc(Cl)cc(CCl)c1Cl. The molecular formula is C12H14Cl3NO2S. The van der Waals surface area contributed by atoms with Gasteiger partial charge in [0, 0.05) is 24.5 Å². The predicted octanol–water partition coefficient (Wildman–Crippen LogP) is 3.76. The maximum absolute atomic E-state index is 12.5. The van der Waals surface area contributed by atoms with Crippen molar-refractivity contribution >= 4 is 44.8 Å². The summed E-state index contributed by atoms with van der Waals surface area (Å²) in [6, 6.07) is 2.95. The Labute approximate surface area is 128 Å². The van der Waals surface area contributed by atoms with E-state index in [1.807, 2.05) is 0 Å². The Morgan fingerprint density at radius 2 is 1.95 bits per heavy atom. The first-order valence-corrected chi connectivity index (χ1v) is 8.59. The lowest BCUT2D eigenvalue weighted by atomic mass is 10.2. The van der Waals surface area contributed by atoms with Crippen molar-refractivity contribution in [1.82, 2.24) is 4.31 Å². The molecule has 2 rings (SSSR count). The second-order valence-electron chi connectivity index (χ2n) is 4.74. The average molecular weight is 343 g/mol. The van der Waals surface area contributed by atoms with Gasteiger partial charge in [-0.15, -0.1) is 11.6 Å². The molecule has 1 aromatic rings. The molecule has 0 heterocycles. The van der Waals surface area contributed by atoms with Crippen LogP contribution < -0.4 is 0 Å². The van der Waals surface area contributed by atoms with Gasteiger partial charge in [-0.1, -0.05) is 23.2 Å². The highest BCUT2D eigenvalue weighted by atomic mass is 35.5. The Hall–Kier alpha value is -0.000000000000000111. The summed E-state index contributed by atoms with van der Waals surface area (Å²) in [4.78, 5) is 0.0282. The van der Waals surface area contributed by atoms with Gasteiger partial charge in [0.15, 0.2) is 0 Å². The molecule has 3 nitrogen and oxygen atoms in total. The van der Waals surface area contributed by atoms with E-state index in [9.17, 15) is 8.42 Å². The van der Waals surface area contributed by atoms with Crippen LogP contribution in [0.25, 0.3) is 0 Å². The number of halogens is 3. The van der Waals surface area contributed by atoms with Gasteiger partial charge in [-0.05, 0) is 36.5 Å². The largest absolute Gasteiger partial charge is 0.244 e. The highest BCUT2D eigenvalue weighted by molar-refractivity contribution is 7.89. The topological polar surface area (TPSA) is 37.4 Å². The van der Waals surface area contributed by atoms with Crippen molar-refractivity contribution in [3.63, 3.8) is 0 Å². The first kappa shape index (κ1) is 15.4. The van der Waals surface area contributed by atoms with Gasteiger partial charge in [0.05, 0.1) is 5.02 Å². The second-order valence-corrected chi connectivity index (χ2v) is 7.83. The molecule has 0 aliphatic heterocycles. The number of benzene rings is 1. The third kappa shape index (κ3) is 3.37. The van der Waals surface area contributed by atoms with Gasteiger partial charge in [-0.3, -0.25) is 0 Å². The molecule has 19 heavy (non-hydrogen) atoms. The van der Waals surface area contributed by atoms with Crippen LogP contribution >= 0.6 is 34.8 Å². The van der Waals surface area contributed by atoms with Gasteiger partial charge < -0.3 is 0 Å². The van der Waals surface area contributed by atoms with Crippen molar-refractivity contribution in [2.24, 2.45) is 5.92 Å². The highest BCUT2D eigenvalue weighted by Crippen LogP contribution is 2.34. The van der Waals surface area contributed by atoms with Crippen molar-refractivity contribution in [2.75, 3.05) is 13.6 Å². The summed E-state index contributed by atoms with van der Waals surface area (Å²) in [5.74, 6) is 0.582. The van der Waals surface area contributed by atoms with Crippen molar-refractivity contribution < 1.29 is 8.42 Å². The zero-order valence-corrected chi connectivity index (χ0v) is 13.5. The molecule has 0 spiro atoms. The van der Waals surface area contributed by atoms with E-state index in [2.05, 4.69) is 0 Å². The lowest BCUT2D eigenvalue weighted by Crippen LogP contribution is -2.29. The van der Waals surface area contributed by atoms with Gasteiger partial charge in [-0.25, -0.2) is 12.7 Å². The number of hydrogen-bond donors (Lipinski definition) is 0. The maximum atomic E-state index is 12.5. The molecule has 106 valence electrons. The molecule has 0 aromatic heterocycles. The number of hydrogen-bond acceptors (Lipinski definition) is 2. The van der Waals surface area contributed by atoms with E-state index in [4.69, 9.17) is 34.8 Å². The molecule has 0 unspecified atom stereocenters. The van der Waals surface area contributed by atoms with Crippen molar-refractivity contribution in [2.45, 2.75) is 23.6 Å². The molecule has 1 aliphatic carbocycles. The van der Waals surface area contributed by atoms with Crippen LogP contribution in [0.15, 0.2) is 17.0 Å². The minimum Gasteiger partial charge on any atom is -0.207 e. The lowest BCUT2D eigenvalue weighted by molar-refractivity contribution is 0.453. The van der Waals surface area contributed by atoms with Crippen molar-refractivity contribution in [3.8, 4) is 0 Å². The van der Waals surface area contributed by atoms with Crippen LogP contribution in [0, 0.1) is 5.92 Å². The molecule has 1 fully saturated rings. The standard InChI is InChI=1S/C12H14Cl3NO2S/c1-16(7-8-2-3-8)19(17,18)11-5-10(14)4-9(6-13)12(11)15/h4-5,8H,2-3,6-7H2,1H3. The van der Waals surface area contributed by atoms with E-state index in [0.29, 0.717) is 23.0 Å². The summed E-state index contributed by atoms with van der Waals surface area (Å²) in [7, 11) is -2.06. The van der Waals surface area contributed by atoms with Crippen LogP contribution in [-0.2, 0) is 15.9 Å². The average Bonchev–Trinajstić information content (AvgIpc) is 3.15. The minimum atomic E-state index is -3.62. The highest BCUT2D eigenvalue weighted by Gasteiger charge is 2.31. The Kier molecular flexibility index (Phi) is 4.68. The van der Waals surface area contributed by atoms with Crippen LogP contribution in [-0.4, -0.2) is 26.3 Å². The number of rotatable bonds is 5. The molecule has 0 saturated heterocycles. The van der Waals surface area contributed by atoms with E-state index in [1.54, 1.807) is 13.1 Å². The van der Waals surface area contributed by atoms with Gasteiger partial charge in [0.25, 0.3) is 0 Å². The third-order valence-corrected chi connectivity index (χ3v) is 6.04. The van der Waals surface area contributed by atoms with E-state index < -0.39 is 10.0 Å². The third-order valence-electron chi connectivity index (χ3n) is 3.12. The second kappa shape index (κ2) is 5.78. The Morgan fingerprint density at radius 3 is 2.47 bits per heavy atom.